The molecule has 4 rings (SSSR count). The molecule has 5 N–H and O–H groups in total. The molecule has 0 spiro atoms. The second-order valence-electron chi connectivity index (χ2n) is 7.12. The van der Waals surface area contributed by atoms with E-state index in [-0.39, 0.29) is 0 Å². The van der Waals surface area contributed by atoms with Crippen molar-refractivity contribution >= 4 is 28.2 Å². The summed E-state index contributed by atoms with van der Waals surface area (Å²) in [6, 6.07) is 17.6. The van der Waals surface area contributed by atoms with Crippen LogP contribution in [-0.2, 0) is 11.3 Å². The molecule has 0 fully saturated rings. The van der Waals surface area contributed by atoms with Crippen LogP contribution in [0.1, 0.15) is 5.56 Å². The third kappa shape index (κ3) is 4.88. The lowest BCUT2D eigenvalue weighted by Crippen LogP contribution is -2.31. The van der Waals surface area contributed by atoms with Crippen molar-refractivity contribution < 1.29 is 4.74 Å². The van der Waals surface area contributed by atoms with Crippen molar-refractivity contribution in [2.45, 2.75) is 6.54 Å². The third-order valence-corrected chi connectivity index (χ3v) is 4.87. The summed E-state index contributed by atoms with van der Waals surface area (Å²) >= 11 is 0. The molecular weight excluding hydrogens is 390 g/mol. The van der Waals surface area contributed by atoms with Crippen LogP contribution in [0, 0.1) is 0 Å². The summed E-state index contributed by atoms with van der Waals surface area (Å²) in [5.41, 5.74) is 10.4. The van der Waals surface area contributed by atoms with E-state index < -0.39 is 0 Å². The highest BCUT2D eigenvalue weighted by molar-refractivity contribution is 5.79. The fourth-order valence-corrected chi connectivity index (χ4v) is 3.31. The van der Waals surface area contributed by atoms with Gasteiger partial charge in [-0.15, -0.1) is 0 Å². The number of nitrogens with two attached hydrogens (primary N) is 2. The minimum atomic E-state index is 0.464. The summed E-state index contributed by atoms with van der Waals surface area (Å²) in [5.74, 6) is 7.64. The Hall–Kier alpha value is -3.75. The Morgan fingerprint density at radius 1 is 1.03 bits per heavy atom. The second-order valence-corrected chi connectivity index (χ2v) is 7.12. The van der Waals surface area contributed by atoms with Crippen LogP contribution in [0.2, 0.25) is 0 Å². The molecule has 0 aliphatic heterocycles. The summed E-state index contributed by atoms with van der Waals surface area (Å²) in [7, 11) is 1.67. The summed E-state index contributed by atoms with van der Waals surface area (Å²) in [5, 5.41) is 5.85. The van der Waals surface area contributed by atoms with Gasteiger partial charge in [0.25, 0.3) is 0 Å². The van der Waals surface area contributed by atoms with Gasteiger partial charge in [0.15, 0.2) is 5.82 Å². The number of rotatable bonds is 8. The molecule has 0 amide bonds. The van der Waals surface area contributed by atoms with E-state index >= 15 is 0 Å². The number of aromatic nitrogens is 3. The zero-order valence-electron chi connectivity index (χ0n) is 17.3. The Morgan fingerprint density at radius 2 is 1.94 bits per heavy atom. The van der Waals surface area contributed by atoms with Crippen LogP contribution < -0.4 is 21.9 Å². The zero-order chi connectivity index (χ0) is 21.6. The van der Waals surface area contributed by atoms with E-state index in [9.17, 15) is 0 Å². The van der Waals surface area contributed by atoms with Crippen LogP contribution in [0.3, 0.4) is 0 Å². The molecule has 8 heteroatoms. The molecule has 1 aromatic carbocycles. The molecule has 158 valence electrons. The van der Waals surface area contributed by atoms with Gasteiger partial charge >= 0.3 is 0 Å². The maximum atomic E-state index is 6.37. The molecule has 8 nitrogen and oxygen atoms in total. The van der Waals surface area contributed by atoms with E-state index in [1.165, 1.54) is 0 Å². The Balaban J connectivity index is 1.56. The van der Waals surface area contributed by atoms with Crippen molar-refractivity contribution in [2.24, 2.45) is 5.84 Å². The van der Waals surface area contributed by atoms with E-state index in [1.54, 1.807) is 24.5 Å². The lowest BCUT2D eigenvalue weighted by atomic mass is 10.1. The van der Waals surface area contributed by atoms with Crippen molar-refractivity contribution in [3.05, 3.63) is 72.6 Å². The topological polar surface area (TPSA) is 115 Å². The molecule has 0 saturated heterocycles. The first-order chi connectivity index (χ1) is 15.1. The molecule has 4 aromatic rings. The van der Waals surface area contributed by atoms with Crippen molar-refractivity contribution in [2.75, 3.05) is 36.3 Å². The molecule has 31 heavy (non-hydrogen) atoms. The van der Waals surface area contributed by atoms with Crippen LogP contribution in [0.15, 0.2) is 67.0 Å². The lowest BCUT2D eigenvalue weighted by Gasteiger charge is -2.20. The highest BCUT2D eigenvalue weighted by atomic mass is 16.5. The van der Waals surface area contributed by atoms with Crippen LogP contribution in [-0.4, -0.2) is 35.2 Å². The van der Waals surface area contributed by atoms with Crippen molar-refractivity contribution in [3.63, 3.8) is 0 Å². The van der Waals surface area contributed by atoms with Gasteiger partial charge in [0.1, 0.15) is 5.82 Å². The molecule has 0 aliphatic carbocycles. The van der Waals surface area contributed by atoms with E-state index in [0.717, 1.165) is 33.5 Å². The predicted molar refractivity (Wildman–Crippen MR) is 124 cm³/mol. The maximum absolute atomic E-state index is 6.37. The van der Waals surface area contributed by atoms with Gasteiger partial charge < -0.3 is 15.8 Å². The zero-order valence-corrected chi connectivity index (χ0v) is 17.3. The minimum Gasteiger partial charge on any atom is -0.396 e. The molecule has 3 aromatic heterocycles. The van der Waals surface area contributed by atoms with E-state index in [0.29, 0.717) is 31.2 Å². The first-order valence-electron chi connectivity index (χ1n) is 9.95. The first-order valence-corrected chi connectivity index (χ1v) is 9.95. The normalized spacial score (nSPS) is 10.9. The fourth-order valence-electron chi connectivity index (χ4n) is 3.31. The van der Waals surface area contributed by atoms with E-state index in [2.05, 4.69) is 21.4 Å². The smallest absolute Gasteiger partial charge is 0.166 e. The summed E-state index contributed by atoms with van der Waals surface area (Å²) in [6.45, 7) is 1.74. The third-order valence-electron chi connectivity index (χ3n) is 4.87. The number of fused-ring (bicyclic) bond motifs is 1. The van der Waals surface area contributed by atoms with Crippen LogP contribution in [0.4, 0.5) is 17.3 Å². The van der Waals surface area contributed by atoms with Gasteiger partial charge in [0.2, 0.25) is 0 Å². The standard InChI is InChI=1S/C23H25N7O/c1-31-12-11-28-22-14-18(8-10-27-22)21-7-5-19(24)23(29-21)30(25)15-16-4-6-20-17(13-16)3-2-9-26-20/h2-10,13-14H,11-12,15,24-25H2,1H3,(H,27,28). The Bertz CT molecular complexity index is 1180. The van der Waals surface area contributed by atoms with E-state index in [4.69, 9.17) is 21.3 Å². The van der Waals surface area contributed by atoms with Crippen LogP contribution >= 0.6 is 0 Å². The summed E-state index contributed by atoms with van der Waals surface area (Å²) in [6.07, 6.45) is 3.52. The predicted octanol–water partition coefficient (Wildman–Crippen LogP) is 3.21. The number of hydrogen-bond acceptors (Lipinski definition) is 8. The molecule has 0 unspecified atom stereocenters. The van der Waals surface area contributed by atoms with Crippen molar-refractivity contribution in [1.29, 1.82) is 0 Å². The van der Waals surface area contributed by atoms with Crippen LogP contribution in [0.25, 0.3) is 22.2 Å². The van der Waals surface area contributed by atoms with Gasteiger partial charge in [0.05, 0.1) is 30.0 Å². The van der Waals surface area contributed by atoms with Crippen molar-refractivity contribution in [3.8, 4) is 11.3 Å². The number of nitrogens with one attached hydrogen (secondary N) is 1. The SMILES string of the molecule is COCCNc1cc(-c2ccc(N)c(N(N)Cc3ccc4ncccc4c3)n2)ccn1. The van der Waals surface area contributed by atoms with Gasteiger partial charge in [-0.3, -0.25) is 9.99 Å². The Labute approximate surface area is 180 Å². The number of nitrogen functional groups attached to an aromatic ring is 1. The molecule has 0 radical (unpaired) electrons. The molecule has 3 heterocycles. The van der Waals surface area contributed by atoms with Gasteiger partial charge in [-0.2, -0.15) is 0 Å². The molecule has 0 atom stereocenters. The van der Waals surface area contributed by atoms with Gasteiger partial charge in [-0.25, -0.2) is 15.8 Å². The number of hydrazine groups is 1. The van der Waals surface area contributed by atoms with Gasteiger partial charge in [-0.05, 0) is 48.0 Å². The second kappa shape index (κ2) is 9.38. The Morgan fingerprint density at radius 3 is 2.81 bits per heavy atom. The monoisotopic (exact) mass is 415 g/mol. The highest BCUT2D eigenvalue weighted by Crippen LogP contribution is 2.27. The number of anilines is 3. The lowest BCUT2D eigenvalue weighted by molar-refractivity contribution is 0.210. The summed E-state index contributed by atoms with van der Waals surface area (Å²) < 4.78 is 5.07. The largest absolute Gasteiger partial charge is 0.396 e. The van der Waals surface area contributed by atoms with Crippen LogP contribution in [0.5, 0.6) is 0 Å². The molecule has 0 bridgehead atoms. The van der Waals surface area contributed by atoms with Crippen molar-refractivity contribution in [1.82, 2.24) is 15.0 Å². The minimum absolute atomic E-state index is 0.464. The van der Waals surface area contributed by atoms with Gasteiger partial charge in [-0.1, -0.05) is 12.1 Å². The quantitative estimate of drug-likeness (QED) is 0.228. The summed E-state index contributed by atoms with van der Waals surface area (Å²) in [4.78, 5) is 13.4. The highest BCUT2D eigenvalue weighted by Gasteiger charge is 2.12. The maximum Gasteiger partial charge on any atom is 0.166 e. The number of ether oxygens (including phenoxy) is 1. The number of nitrogens with zero attached hydrogens (tertiary/aromatic N) is 4. The number of hydrogen-bond donors (Lipinski definition) is 3. The number of benzene rings is 1. The number of methoxy groups -OCH3 is 1. The molecule has 0 aliphatic rings. The molecular formula is C23H25N7O. The average molecular weight is 416 g/mol. The number of pyridine rings is 3. The van der Waals surface area contributed by atoms with Gasteiger partial charge in [0, 0.05) is 37.0 Å². The average Bonchev–Trinajstić information content (AvgIpc) is 2.79. The first kappa shape index (κ1) is 20.5. The van der Waals surface area contributed by atoms with E-state index in [1.807, 2.05) is 48.5 Å². The fraction of sp³-hybridized carbons (Fsp3) is 0.174. The Kier molecular flexibility index (Phi) is 6.21. The molecule has 0 saturated carbocycles.